The van der Waals surface area contributed by atoms with Crippen LogP contribution in [0.1, 0.15) is 46.0 Å². The van der Waals surface area contributed by atoms with Gasteiger partial charge in [0.05, 0.1) is 11.0 Å². The zero-order valence-corrected chi connectivity index (χ0v) is 9.44. The topological polar surface area (TPSA) is 34.1 Å². The molecule has 1 heterocycles. The smallest absolute Gasteiger partial charge is 0.153 e. The van der Waals surface area contributed by atoms with Gasteiger partial charge >= 0.3 is 0 Å². The van der Waals surface area contributed by atoms with Gasteiger partial charge in [0.25, 0.3) is 0 Å². The first-order chi connectivity index (χ1) is 6.11. The van der Waals surface area contributed by atoms with E-state index in [2.05, 4.69) is 13.8 Å². The summed E-state index contributed by atoms with van der Waals surface area (Å²) in [6.45, 7) is 4.23. The predicted octanol–water partition coefficient (Wildman–Crippen LogP) is 2.39. The lowest BCUT2D eigenvalue weighted by Crippen LogP contribution is -2.25. The number of hydrogen-bond donors (Lipinski definition) is 0. The van der Waals surface area contributed by atoms with Crippen molar-refractivity contribution in [2.24, 2.45) is 5.92 Å². The van der Waals surface area contributed by atoms with Gasteiger partial charge in [-0.25, -0.2) is 8.42 Å². The van der Waals surface area contributed by atoms with E-state index in [0.717, 1.165) is 32.1 Å². The number of hydrogen-bond acceptors (Lipinski definition) is 2. The molecule has 2 nitrogen and oxygen atoms in total. The van der Waals surface area contributed by atoms with Crippen LogP contribution in [0.25, 0.3) is 0 Å². The predicted molar refractivity (Wildman–Crippen MR) is 55.5 cm³/mol. The van der Waals surface area contributed by atoms with Crippen molar-refractivity contribution in [3.8, 4) is 0 Å². The minimum absolute atomic E-state index is 0.0163. The molecule has 1 fully saturated rings. The van der Waals surface area contributed by atoms with Gasteiger partial charge in [0.1, 0.15) is 0 Å². The second kappa shape index (κ2) is 4.45. The van der Waals surface area contributed by atoms with E-state index >= 15 is 0 Å². The molecule has 1 saturated heterocycles. The first-order valence-corrected chi connectivity index (χ1v) is 7.05. The van der Waals surface area contributed by atoms with E-state index in [9.17, 15) is 8.42 Å². The lowest BCUT2D eigenvalue weighted by molar-refractivity contribution is 0.425. The molecule has 0 aromatic rings. The highest BCUT2D eigenvalue weighted by molar-refractivity contribution is 7.92. The van der Waals surface area contributed by atoms with Crippen LogP contribution in [0.5, 0.6) is 0 Å². The maximum absolute atomic E-state index is 11.6. The molecule has 3 heteroatoms. The van der Waals surface area contributed by atoms with Crippen LogP contribution < -0.4 is 0 Å². The van der Waals surface area contributed by atoms with E-state index in [0.29, 0.717) is 11.7 Å². The number of rotatable bonds is 4. The summed E-state index contributed by atoms with van der Waals surface area (Å²) in [4.78, 5) is 0. The average Bonchev–Trinajstić information content (AvgIpc) is 2.41. The molecule has 0 aliphatic carbocycles. The minimum Gasteiger partial charge on any atom is -0.229 e. The molecule has 0 bridgehead atoms. The second-order valence-corrected chi connectivity index (χ2v) is 6.34. The van der Waals surface area contributed by atoms with Gasteiger partial charge in [-0.05, 0) is 25.2 Å². The van der Waals surface area contributed by atoms with E-state index in [1.165, 1.54) is 0 Å². The van der Waals surface area contributed by atoms with Crippen LogP contribution in [0.15, 0.2) is 0 Å². The molecule has 1 aliphatic rings. The second-order valence-electron chi connectivity index (χ2n) is 4.00. The fraction of sp³-hybridized carbons (Fsp3) is 1.00. The van der Waals surface area contributed by atoms with E-state index in [-0.39, 0.29) is 5.25 Å². The maximum atomic E-state index is 11.6. The SMILES string of the molecule is CCCC(CC)C1CCCS1(=O)=O. The van der Waals surface area contributed by atoms with E-state index < -0.39 is 9.84 Å². The molecule has 1 aliphatic heterocycles. The van der Waals surface area contributed by atoms with Crippen molar-refractivity contribution in [1.29, 1.82) is 0 Å². The fourth-order valence-electron chi connectivity index (χ4n) is 2.37. The highest BCUT2D eigenvalue weighted by atomic mass is 32.2. The van der Waals surface area contributed by atoms with Gasteiger partial charge in [-0.1, -0.05) is 26.7 Å². The Morgan fingerprint density at radius 2 is 2.08 bits per heavy atom. The summed E-state index contributed by atoms with van der Waals surface area (Å²) in [6, 6.07) is 0. The number of sulfone groups is 1. The van der Waals surface area contributed by atoms with Crippen LogP contribution in [0.4, 0.5) is 0 Å². The van der Waals surface area contributed by atoms with Gasteiger partial charge in [0.15, 0.2) is 9.84 Å². The summed E-state index contributed by atoms with van der Waals surface area (Å²) in [6.07, 6.45) is 4.97. The quantitative estimate of drug-likeness (QED) is 0.704. The van der Waals surface area contributed by atoms with Crippen LogP contribution >= 0.6 is 0 Å². The van der Waals surface area contributed by atoms with E-state index in [1.807, 2.05) is 0 Å². The third kappa shape index (κ3) is 2.46. The molecule has 2 unspecified atom stereocenters. The Balaban J connectivity index is 2.68. The van der Waals surface area contributed by atoms with E-state index in [4.69, 9.17) is 0 Å². The molecule has 13 heavy (non-hydrogen) atoms. The average molecular weight is 204 g/mol. The van der Waals surface area contributed by atoms with Gasteiger partial charge in [0, 0.05) is 0 Å². The Bertz CT molecular complexity index is 244. The molecule has 0 N–H and O–H groups in total. The summed E-state index contributed by atoms with van der Waals surface area (Å²) >= 11 is 0. The van der Waals surface area contributed by atoms with Crippen molar-refractivity contribution in [1.82, 2.24) is 0 Å². The standard InChI is InChI=1S/C10H20O2S/c1-3-6-9(4-2)10-7-5-8-13(10,11)12/h9-10H,3-8H2,1-2H3. The molecule has 0 spiro atoms. The van der Waals surface area contributed by atoms with Gasteiger partial charge < -0.3 is 0 Å². The maximum Gasteiger partial charge on any atom is 0.153 e. The molecular weight excluding hydrogens is 184 g/mol. The summed E-state index contributed by atoms with van der Waals surface area (Å²) < 4.78 is 23.3. The van der Waals surface area contributed by atoms with Crippen LogP contribution in [-0.4, -0.2) is 19.4 Å². The molecule has 2 atom stereocenters. The van der Waals surface area contributed by atoms with Crippen molar-refractivity contribution in [2.75, 3.05) is 5.75 Å². The zero-order valence-electron chi connectivity index (χ0n) is 8.62. The van der Waals surface area contributed by atoms with Crippen molar-refractivity contribution >= 4 is 9.84 Å². The third-order valence-corrected chi connectivity index (χ3v) is 5.49. The Labute approximate surface area is 81.6 Å². The first-order valence-electron chi connectivity index (χ1n) is 5.33. The lowest BCUT2D eigenvalue weighted by Gasteiger charge is -2.20. The Morgan fingerprint density at radius 1 is 1.38 bits per heavy atom. The van der Waals surface area contributed by atoms with Crippen molar-refractivity contribution in [3.63, 3.8) is 0 Å². The molecule has 0 aromatic carbocycles. The Hall–Kier alpha value is -0.0500. The molecule has 0 radical (unpaired) electrons. The van der Waals surface area contributed by atoms with Crippen molar-refractivity contribution in [3.05, 3.63) is 0 Å². The Kier molecular flexibility index (Phi) is 3.77. The minimum atomic E-state index is -2.72. The normalized spacial score (nSPS) is 28.9. The van der Waals surface area contributed by atoms with Crippen LogP contribution in [-0.2, 0) is 9.84 Å². The molecule has 78 valence electrons. The van der Waals surface area contributed by atoms with Crippen LogP contribution in [0.3, 0.4) is 0 Å². The summed E-state index contributed by atoms with van der Waals surface area (Å²) in [5.41, 5.74) is 0. The van der Waals surface area contributed by atoms with Crippen molar-refractivity contribution < 1.29 is 8.42 Å². The summed E-state index contributed by atoms with van der Waals surface area (Å²) in [5.74, 6) is 0.843. The zero-order chi connectivity index (χ0) is 9.90. The molecular formula is C10H20O2S. The largest absolute Gasteiger partial charge is 0.229 e. The van der Waals surface area contributed by atoms with Gasteiger partial charge in [-0.2, -0.15) is 0 Å². The lowest BCUT2D eigenvalue weighted by atomic mass is 9.94. The van der Waals surface area contributed by atoms with Gasteiger partial charge in [0.2, 0.25) is 0 Å². The fourth-order valence-corrected chi connectivity index (χ4v) is 4.68. The third-order valence-electron chi connectivity index (χ3n) is 3.09. The summed E-state index contributed by atoms with van der Waals surface area (Å²) in [7, 11) is -2.72. The highest BCUT2D eigenvalue weighted by Gasteiger charge is 2.35. The molecule has 1 rings (SSSR count). The monoisotopic (exact) mass is 204 g/mol. The van der Waals surface area contributed by atoms with E-state index in [1.54, 1.807) is 0 Å². The van der Waals surface area contributed by atoms with Crippen LogP contribution in [0, 0.1) is 5.92 Å². The molecule has 0 saturated carbocycles. The van der Waals surface area contributed by atoms with Crippen LogP contribution in [0.2, 0.25) is 0 Å². The van der Waals surface area contributed by atoms with Gasteiger partial charge in [-0.3, -0.25) is 0 Å². The summed E-state index contributed by atoms with van der Waals surface area (Å²) in [5, 5.41) is -0.0163. The molecule has 0 aromatic heterocycles. The Morgan fingerprint density at radius 3 is 2.46 bits per heavy atom. The molecule has 0 amide bonds. The first kappa shape index (κ1) is 11.0. The van der Waals surface area contributed by atoms with Crippen molar-refractivity contribution in [2.45, 2.75) is 51.2 Å². The van der Waals surface area contributed by atoms with Gasteiger partial charge in [-0.15, -0.1) is 0 Å². The highest BCUT2D eigenvalue weighted by Crippen LogP contribution is 2.31.